The molecule has 0 saturated heterocycles. The third kappa shape index (κ3) is 0.841. The zero-order valence-corrected chi connectivity index (χ0v) is 7.14. The first-order chi connectivity index (χ1) is 5.70. The zero-order chi connectivity index (χ0) is 8.72. The van der Waals surface area contributed by atoms with Crippen molar-refractivity contribution in [3.63, 3.8) is 0 Å². The maximum atomic E-state index is 11.1. The number of aromatic amines is 1. The summed E-state index contributed by atoms with van der Waals surface area (Å²) in [6, 6.07) is 0. The number of rotatable bonds is 1. The summed E-state index contributed by atoms with van der Waals surface area (Å²) in [7, 11) is 0. The summed E-state index contributed by atoms with van der Waals surface area (Å²) >= 11 is 0. The Labute approximate surface area is 70.4 Å². The highest BCUT2D eigenvalue weighted by molar-refractivity contribution is 5.96. The normalized spacial score (nSPS) is 15.1. The number of nitrogens with zero attached hydrogens (tertiary/aromatic N) is 1. The van der Waals surface area contributed by atoms with Crippen LogP contribution in [0.5, 0.6) is 0 Å². The van der Waals surface area contributed by atoms with E-state index >= 15 is 0 Å². The monoisotopic (exact) mass is 165 g/mol. The Bertz CT molecular complexity index is 327. The van der Waals surface area contributed by atoms with Crippen LogP contribution in [0.1, 0.15) is 41.5 Å². The van der Waals surface area contributed by atoms with Gasteiger partial charge < -0.3 is 5.32 Å². The Balaban J connectivity index is 2.49. The first-order valence-electron chi connectivity index (χ1n) is 4.05. The largest absolute Gasteiger partial charge is 0.346 e. The predicted octanol–water partition coefficient (Wildman–Crippen LogP) is 0.776. The molecule has 4 nitrogen and oxygen atoms in total. The smallest absolute Gasteiger partial charge is 0.272 e. The second-order valence-electron chi connectivity index (χ2n) is 3.30. The molecule has 2 N–H and O–H groups in total. The molecule has 1 amide bonds. The number of carbonyl (C=O) groups excluding carboxylic acids is 1. The molecule has 0 aliphatic carbocycles. The van der Waals surface area contributed by atoms with E-state index in [1.54, 1.807) is 0 Å². The Kier molecular flexibility index (Phi) is 1.43. The number of aromatic nitrogens is 2. The summed E-state index contributed by atoms with van der Waals surface area (Å²) in [5, 5.41) is 9.60. The van der Waals surface area contributed by atoms with Gasteiger partial charge in [-0.05, 0) is 5.92 Å². The van der Waals surface area contributed by atoms with Gasteiger partial charge in [-0.25, -0.2) is 0 Å². The Morgan fingerprint density at radius 1 is 1.50 bits per heavy atom. The molecule has 2 heterocycles. The van der Waals surface area contributed by atoms with Crippen molar-refractivity contribution in [3.8, 4) is 0 Å². The van der Waals surface area contributed by atoms with Gasteiger partial charge in [0.1, 0.15) is 0 Å². The molecule has 2 rings (SSSR count). The number of amides is 1. The van der Waals surface area contributed by atoms with Crippen LogP contribution in [-0.4, -0.2) is 16.1 Å². The molecule has 0 saturated carbocycles. The van der Waals surface area contributed by atoms with Gasteiger partial charge >= 0.3 is 0 Å². The number of carbonyl (C=O) groups is 1. The van der Waals surface area contributed by atoms with E-state index in [1.165, 1.54) is 0 Å². The molecule has 0 unspecified atom stereocenters. The molecule has 1 aliphatic heterocycles. The summed E-state index contributed by atoms with van der Waals surface area (Å²) in [6.07, 6.45) is 0. The van der Waals surface area contributed by atoms with Crippen molar-refractivity contribution < 1.29 is 4.79 Å². The van der Waals surface area contributed by atoms with Crippen LogP contribution in [0.4, 0.5) is 0 Å². The van der Waals surface area contributed by atoms with E-state index < -0.39 is 0 Å². The fraction of sp³-hybridized carbons (Fsp3) is 0.500. The molecule has 4 heteroatoms. The lowest BCUT2D eigenvalue weighted by molar-refractivity contribution is 0.0960. The summed E-state index contributed by atoms with van der Waals surface area (Å²) in [4.78, 5) is 11.1. The first kappa shape index (κ1) is 7.34. The van der Waals surface area contributed by atoms with Crippen molar-refractivity contribution in [2.45, 2.75) is 26.3 Å². The van der Waals surface area contributed by atoms with Gasteiger partial charge in [0.05, 0.1) is 0 Å². The molecule has 1 aliphatic rings. The lowest BCUT2D eigenvalue weighted by Crippen LogP contribution is -2.14. The molecule has 0 atom stereocenters. The average Bonchev–Trinajstić information content (AvgIpc) is 2.53. The Hall–Kier alpha value is -1.32. The van der Waals surface area contributed by atoms with Crippen LogP contribution in [0.3, 0.4) is 0 Å². The van der Waals surface area contributed by atoms with Crippen LogP contribution in [0.25, 0.3) is 0 Å². The number of nitrogens with one attached hydrogen (secondary N) is 2. The fourth-order valence-corrected chi connectivity index (χ4v) is 1.48. The SMILES string of the molecule is CC(C)c1[nH]nc2c1CNC2=O. The minimum absolute atomic E-state index is 0.0619. The molecular formula is C8H11N3O. The summed E-state index contributed by atoms with van der Waals surface area (Å²) in [5.41, 5.74) is 2.68. The van der Waals surface area contributed by atoms with Gasteiger partial charge in [0, 0.05) is 17.8 Å². The predicted molar refractivity (Wildman–Crippen MR) is 43.8 cm³/mol. The molecule has 0 aromatic carbocycles. The van der Waals surface area contributed by atoms with Crippen molar-refractivity contribution in [1.82, 2.24) is 15.5 Å². The van der Waals surface area contributed by atoms with Gasteiger partial charge in [0.2, 0.25) is 0 Å². The van der Waals surface area contributed by atoms with Crippen LogP contribution in [0, 0.1) is 0 Å². The summed E-state index contributed by atoms with van der Waals surface area (Å²) in [5.74, 6) is 0.335. The summed E-state index contributed by atoms with van der Waals surface area (Å²) < 4.78 is 0. The Morgan fingerprint density at radius 3 is 2.92 bits per heavy atom. The van der Waals surface area contributed by atoms with Gasteiger partial charge in [-0.15, -0.1) is 0 Å². The van der Waals surface area contributed by atoms with Crippen LogP contribution in [0.15, 0.2) is 0 Å². The van der Waals surface area contributed by atoms with Gasteiger partial charge in [-0.2, -0.15) is 5.10 Å². The molecule has 0 fully saturated rings. The van der Waals surface area contributed by atoms with Crippen molar-refractivity contribution in [1.29, 1.82) is 0 Å². The van der Waals surface area contributed by atoms with E-state index in [-0.39, 0.29) is 5.91 Å². The number of H-pyrrole nitrogens is 1. The molecular weight excluding hydrogens is 154 g/mol. The lowest BCUT2D eigenvalue weighted by Gasteiger charge is -2.01. The molecule has 12 heavy (non-hydrogen) atoms. The van der Waals surface area contributed by atoms with Crippen LogP contribution >= 0.6 is 0 Å². The molecule has 64 valence electrons. The van der Waals surface area contributed by atoms with Crippen molar-refractivity contribution in [2.24, 2.45) is 0 Å². The molecule has 0 bridgehead atoms. The maximum Gasteiger partial charge on any atom is 0.272 e. The zero-order valence-electron chi connectivity index (χ0n) is 7.14. The van der Waals surface area contributed by atoms with Gasteiger partial charge in [0.15, 0.2) is 5.69 Å². The molecule has 1 aromatic heterocycles. The number of hydrogen-bond donors (Lipinski definition) is 2. The Morgan fingerprint density at radius 2 is 2.25 bits per heavy atom. The van der Waals surface area contributed by atoms with Crippen LogP contribution in [-0.2, 0) is 6.54 Å². The second kappa shape index (κ2) is 2.33. The van der Waals surface area contributed by atoms with Gasteiger partial charge in [-0.1, -0.05) is 13.8 Å². The average molecular weight is 165 g/mol. The quantitative estimate of drug-likeness (QED) is 0.646. The van der Waals surface area contributed by atoms with E-state index in [0.717, 1.165) is 11.3 Å². The van der Waals surface area contributed by atoms with Gasteiger partial charge in [0.25, 0.3) is 5.91 Å². The fourth-order valence-electron chi connectivity index (χ4n) is 1.48. The third-order valence-electron chi connectivity index (χ3n) is 2.12. The van der Waals surface area contributed by atoms with Crippen LogP contribution < -0.4 is 5.32 Å². The van der Waals surface area contributed by atoms with E-state index in [2.05, 4.69) is 29.4 Å². The van der Waals surface area contributed by atoms with E-state index in [4.69, 9.17) is 0 Å². The minimum atomic E-state index is -0.0619. The van der Waals surface area contributed by atoms with E-state index in [0.29, 0.717) is 18.2 Å². The highest BCUT2D eigenvalue weighted by Crippen LogP contribution is 2.22. The second-order valence-corrected chi connectivity index (χ2v) is 3.30. The molecule has 1 aromatic rings. The van der Waals surface area contributed by atoms with Gasteiger partial charge in [-0.3, -0.25) is 9.89 Å². The topological polar surface area (TPSA) is 57.8 Å². The maximum absolute atomic E-state index is 11.1. The number of hydrogen-bond acceptors (Lipinski definition) is 2. The highest BCUT2D eigenvalue weighted by Gasteiger charge is 2.26. The van der Waals surface area contributed by atoms with Crippen molar-refractivity contribution >= 4 is 5.91 Å². The minimum Gasteiger partial charge on any atom is -0.346 e. The van der Waals surface area contributed by atoms with E-state index in [1.807, 2.05) is 0 Å². The lowest BCUT2D eigenvalue weighted by atomic mass is 10.1. The molecule has 0 radical (unpaired) electrons. The number of fused-ring (bicyclic) bond motifs is 1. The van der Waals surface area contributed by atoms with Crippen molar-refractivity contribution in [2.75, 3.05) is 0 Å². The molecule has 0 spiro atoms. The van der Waals surface area contributed by atoms with Crippen LogP contribution in [0.2, 0.25) is 0 Å². The first-order valence-corrected chi connectivity index (χ1v) is 4.05. The van der Waals surface area contributed by atoms with Crippen molar-refractivity contribution in [3.05, 3.63) is 17.0 Å². The highest BCUT2D eigenvalue weighted by atomic mass is 16.2. The third-order valence-corrected chi connectivity index (χ3v) is 2.12. The van der Waals surface area contributed by atoms with E-state index in [9.17, 15) is 4.79 Å². The summed E-state index contributed by atoms with van der Waals surface area (Å²) in [6.45, 7) is 4.78. The standard InChI is InChI=1S/C8H11N3O/c1-4(2)6-5-3-9-8(12)7(5)11-10-6/h4H,3H2,1-2H3,(H,9,12)(H,10,11).